The Bertz CT molecular complexity index is 413. The molecule has 0 saturated carbocycles. The van der Waals surface area contributed by atoms with Crippen LogP contribution in [0.2, 0.25) is 0 Å². The summed E-state index contributed by atoms with van der Waals surface area (Å²) in [6, 6.07) is 9.55. The van der Waals surface area contributed by atoms with Crippen LogP contribution in [0.1, 0.15) is 19.4 Å². The molecule has 19 heavy (non-hydrogen) atoms. The highest BCUT2D eigenvalue weighted by Gasteiger charge is 2.28. The molecule has 0 spiro atoms. The average Bonchev–Trinajstić information content (AvgIpc) is 2.37. The zero-order chi connectivity index (χ0) is 13.8. The van der Waals surface area contributed by atoms with E-state index in [0.29, 0.717) is 16.9 Å². The maximum atomic E-state index is 12.4. The first kappa shape index (κ1) is 14.4. The molecule has 104 valence electrons. The molecule has 1 aliphatic rings. The molecule has 1 amide bonds. The lowest BCUT2D eigenvalue weighted by molar-refractivity contribution is -0.132. The van der Waals surface area contributed by atoms with E-state index in [1.807, 2.05) is 47.0 Å². The summed E-state index contributed by atoms with van der Waals surface area (Å²) in [5.41, 5.74) is 7.19. The Morgan fingerprint density at radius 3 is 2.47 bits per heavy atom. The van der Waals surface area contributed by atoms with Gasteiger partial charge in [0.1, 0.15) is 0 Å². The Labute approximate surface area is 119 Å². The van der Waals surface area contributed by atoms with Gasteiger partial charge < -0.3 is 10.6 Å². The summed E-state index contributed by atoms with van der Waals surface area (Å²) in [4.78, 5) is 14.3. The van der Waals surface area contributed by atoms with Crippen LogP contribution in [0, 0.1) is 0 Å². The van der Waals surface area contributed by atoms with Gasteiger partial charge in [0, 0.05) is 23.6 Å². The fourth-order valence-electron chi connectivity index (χ4n) is 2.55. The molecule has 3 atom stereocenters. The van der Waals surface area contributed by atoms with Crippen molar-refractivity contribution in [2.24, 2.45) is 5.73 Å². The third-order valence-electron chi connectivity index (χ3n) is 3.35. The monoisotopic (exact) mass is 278 g/mol. The summed E-state index contributed by atoms with van der Waals surface area (Å²) in [6.07, 6.45) is 0.617. The topological polar surface area (TPSA) is 46.3 Å². The smallest absolute Gasteiger partial charge is 0.239 e. The molecule has 1 saturated heterocycles. The van der Waals surface area contributed by atoms with E-state index in [9.17, 15) is 4.79 Å². The largest absolute Gasteiger partial charge is 0.339 e. The van der Waals surface area contributed by atoms with Gasteiger partial charge in [0.05, 0.1) is 6.04 Å². The molecule has 0 bridgehead atoms. The van der Waals surface area contributed by atoms with Crippen LogP contribution < -0.4 is 5.73 Å². The van der Waals surface area contributed by atoms with Crippen LogP contribution in [-0.4, -0.2) is 40.4 Å². The number of hydrogen-bond donors (Lipinski definition) is 1. The number of thioether (sulfide) groups is 1. The number of hydrogen-bond acceptors (Lipinski definition) is 3. The number of nitrogens with two attached hydrogens (primary N) is 1. The highest BCUT2D eigenvalue weighted by atomic mass is 32.2. The molecule has 0 aromatic heterocycles. The predicted octanol–water partition coefficient (Wildman–Crippen LogP) is 1.91. The molecular formula is C15H22N2OS. The Morgan fingerprint density at radius 2 is 1.89 bits per heavy atom. The van der Waals surface area contributed by atoms with Gasteiger partial charge in [-0.15, -0.1) is 0 Å². The van der Waals surface area contributed by atoms with Gasteiger partial charge in [-0.3, -0.25) is 4.79 Å². The molecule has 1 aromatic rings. The molecule has 2 N–H and O–H groups in total. The highest BCUT2D eigenvalue weighted by molar-refractivity contribution is 8.00. The quantitative estimate of drug-likeness (QED) is 0.918. The van der Waals surface area contributed by atoms with E-state index in [2.05, 4.69) is 13.8 Å². The molecule has 1 fully saturated rings. The van der Waals surface area contributed by atoms with Crippen LogP contribution in [-0.2, 0) is 11.2 Å². The van der Waals surface area contributed by atoms with E-state index in [4.69, 9.17) is 5.73 Å². The fourth-order valence-corrected chi connectivity index (χ4v) is 3.87. The summed E-state index contributed by atoms with van der Waals surface area (Å²) in [5.74, 6) is 0.0860. The van der Waals surface area contributed by atoms with Gasteiger partial charge >= 0.3 is 0 Å². The maximum absolute atomic E-state index is 12.4. The van der Waals surface area contributed by atoms with Gasteiger partial charge in [-0.1, -0.05) is 44.2 Å². The van der Waals surface area contributed by atoms with Crippen molar-refractivity contribution < 1.29 is 4.79 Å². The van der Waals surface area contributed by atoms with Crippen LogP contribution >= 0.6 is 11.8 Å². The van der Waals surface area contributed by atoms with Crippen molar-refractivity contribution in [2.45, 2.75) is 36.8 Å². The van der Waals surface area contributed by atoms with Crippen LogP contribution in [0.5, 0.6) is 0 Å². The van der Waals surface area contributed by atoms with Gasteiger partial charge in [0.2, 0.25) is 5.91 Å². The summed E-state index contributed by atoms with van der Waals surface area (Å²) in [6.45, 7) is 5.97. The number of carbonyl (C=O) groups is 1. The first-order valence-corrected chi connectivity index (χ1v) is 7.74. The Hall–Kier alpha value is -1.00. The summed E-state index contributed by atoms with van der Waals surface area (Å²) < 4.78 is 0. The second-order valence-corrected chi connectivity index (χ2v) is 7.18. The average molecular weight is 278 g/mol. The molecule has 3 nitrogen and oxygen atoms in total. The van der Waals surface area contributed by atoms with Crippen LogP contribution in [0.3, 0.4) is 0 Å². The molecule has 1 aliphatic heterocycles. The van der Waals surface area contributed by atoms with E-state index >= 15 is 0 Å². The van der Waals surface area contributed by atoms with Crippen LogP contribution in [0.4, 0.5) is 0 Å². The van der Waals surface area contributed by atoms with Crippen molar-refractivity contribution in [3.05, 3.63) is 35.9 Å². The molecule has 1 aromatic carbocycles. The fraction of sp³-hybridized carbons (Fsp3) is 0.533. The molecule has 0 aliphatic carbocycles. The zero-order valence-corrected chi connectivity index (χ0v) is 12.4. The summed E-state index contributed by atoms with van der Waals surface area (Å²) >= 11 is 1.94. The number of nitrogens with zero attached hydrogens (tertiary/aromatic N) is 1. The van der Waals surface area contributed by atoms with Crippen molar-refractivity contribution in [3.8, 4) is 0 Å². The number of benzene rings is 1. The van der Waals surface area contributed by atoms with Gasteiger partial charge in [0.25, 0.3) is 0 Å². The molecular weight excluding hydrogens is 256 g/mol. The second-order valence-electron chi connectivity index (χ2n) is 5.30. The molecule has 0 radical (unpaired) electrons. The molecule has 4 heteroatoms. The highest BCUT2D eigenvalue weighted by Crippen LogP contribution is 2.25. The minimum atomic E-state index is -0.426. The third-order valence-corrected chi connectivity index (χ3v) is 4.57. The summed E-state index contributed by atoms with van der Waals surface area (Å²) in [5, 5.41) is 0.994. The predicted molar refractivity (Wildman–Crippen MR) is 81.2 cm³/mol. The van der Waals surface area contributed by atoms with Crippen LogP contribution in [0.25, 0.3) is 0 Å². The first-order chi connectivity index (χ1) is 9.06. The minimum Gasteiger partial charge on any atom is -0.339 e. The lowest BCUT2D eigenvalue weighted by Gasteiger charge is -2.36. The maximum Gasteiger partial charge on any atom is 0.239 e. The normalized spacial score (nSPS) is 25.1. The standard InChI is InChI=1S/C15H22N2OS/c1-11-9-17(10-12(2)19-11)15(18)14(16)8-13-6-4-3-5-7-13/h3-7,11-12,14H,8-10,16H2,1-2H3/t11?,12?,14-/m0/s1. The van der Waals surface area contributed by atoms with E-state index in [1.165, 1.54) is 0 Å². The number of carbonyl (C=O) groups excluding carboxylic acids is 1. The first-order valence-electron chi connectivity index (χ1n) is 6.80. The number of amides is 1. The van der Waals surface area contributed by atoms with E-state index in [-0.39, 0.29) is 5.91 Å². The second kappa shape index (κ2) is 6.44. The SMILES string of the molecule is CC1CN(C(=O)[C@@H](N)Cc2ccccc2)CC(C)S1. The van der Waals surface area contributed by atoms with E-state index in [0.717, 1.165) is 18.7 Å². The van der Waals surface area contributed by atoms with Gasteiger partial charge in [0.15, 0.2) is 0 Å². The Morgan fingerprint density at radius 1 is 1.32 bits per heavy atom. The lowest BCUT2D eigenvalue weighted by atomic mass is 10.1. The molecule has 2 rings (SSSR count). The van der Waals surface area contributed by atoms with Crippen molar-refractivity contribution >= 4 is 17.7 Å². The van der Waals surface area contributed by atoms with Crippen molar-refractivity contribution in [1.82, 2.24) is 4.90 Å². The molecule has 1 heterocycles. The van der Waals surface area contributed by atoms with E-state index in [1.54, 1.807) is 0 Å². The van der Waals surface area contributed by atoms with Crippen molar-refractivity contribution in [1.29, 1.82) is 0 Å². The Balaban J connectivity index is 1.95. The third kappa shape index (κ3) is 3.98. The van der Waals surface area contributed by atoms with E-state index < -0.39 is 6.04 Å². The lowest BCUT2D eigenvalue weighted by Crippen LogP contribution is -2.51. The zero-order valence-electron chi connectivity index (χ0n) is 11.6. The van der Waals surface area contributed by atoms with Crippen molar-refractivity contribution in [3.63, 3.8) is 0 Å². The van der Waals surface area contributed by atoms with Crippen LogP contribution in [0.15, 0.2) is 30.3 Å². The minimum absolute atomic E-state index is 0.0860. The molecule has 2 unspecified atom stereocenters. The van der Waals surface area contributed by atoms with Gasteiger partial charge in [-0.05, 0) is 12.0 Å². The number of rotatable bonds is 3. The Kier molecular flexibility index (Phi) is 4.88. The van der Waals surface area contributed by atoms with Gasteiger partial charge in [-0.25, -0.2) is 0 Å². The van der Waals surface area contributed by atoms with Gasteiger partial charge in [-0.2, -0.15) is 11.8 Å². The summed E-state index contributed by atoms with van der Waals surface area (Å²) in [7, 11) is 0. The van der Waals surface area contributed by atoms with Crippen molar-refractivity contribution in [2.75, 3.05) is 13.1 Å².